The quantitative estimate of drug-likeness (QED) is 0.610. The van der Waals surface area contributed by atoms with Gasteiger partial charge in [0.2, 0.25) is 5.91 Å². The van der Waals surface area contributed by atoms with Gasteiger partial charge in [0.15, 0.2) is 0 Å². The molecule has 0 atom stereocenters. The molecule has 0 spiro atoms. The number of hydrogen-bond donors (Lipinski definition) is 1. The van der Waals surface area contributed by atoms with Crippen LogP contribution < -0.4 is 10.9 Å². The largest absolute Gasteiger partial charge is 0.324 e. The van der Waals surface area contributed by atoms with Gasteiger partial charge in [-0.2, -0.15) is 0 Å². The highest BCUT2D eigenvalue weighted by molar-refractivity contribution is 5.91. The van der Waals surface area contributed by atoms with Gasteiger partial charge in [0, 0.05) is 5.69 Å². The smallest absolute Gasteiger partial charge is 0.278 e. The van der Waals surface area contributed by atoms with Gasteiger partial charge in [0.1, 0.15) is 12.1 Å². The second-order valence-electron chi connectivity index (χ2n) is 6.06. The predicted molar refractivity (Wildman–Crippen MR) is 104 cm³/mol. The third-order valence-electron chi connectivity index (χ3n) is 4.20. The van der Waals surface area contributed by atoms with Crippen molar-refractivity contribution in [1.82, 2.24) is 15.0 Å². The number of anilines is 1. The topological polar surface area (TPSA) is 76.9 Å². The summed E-state index contributed by atoms with van der Waals surface area (Å²) in [5.41, 5.74) is 2.99. The van der Waals surface area contributed by atoms with Crippen LogP contribution in [0.2, 0.25) is 0 Å². The Morgan fingerprint density at radius 2 is 1.52 bits per heavy atom. The molecule has 0 aliphatic carbocycles. The fourth-order valence-electron chi connectivity index (χ4n) is 2.84. The maximum Gasteiger partial charge on any atom is 0.278 e. The van der Waals surface area contributed by atoms with E-state index in [-0.39, 0.29) is 18.0 Å². The van der Waals surface area contributed by atoms with Gasteiger partial charge >= 0.3 is 0 Å². The lowest BCUT2D eigenvalue weighted by atomic mass is 10.1. The van der Waals surface area contributed by atoms with Gasteiger partial charge in [-0.05, 0) is 35.4 Å². The molecule has 1 amide bonds. The molecule has 1 aromatic heterocycles. The van der Waals surface area contributed by atoms with Crippen molar-refractivity contribution in [2.24, 2.45) is 0 Å². The molecular weight excluding hydrogens is 340 g/mol. The number of nitrogens with one attached hydrogen (secondary N) is 1. The minimum atomic E-state index is -0.339. The van der Waals surface area contributed by atoms with E-state index < -0.39 is 0 Å². The van der Waals surface area contributed by atoms with Crippen molar-refractivity contribution in [2.45, 2.75) is 6.54 Å². The molecule has 4 aromatic rings. The zero-order valence-electron chi connectivity index (χ0n) is 14.4. The fourth-order valence-corrected chi connectivity index (χ4v) is 2.84. The second-order valence-corrected chi connectivity index (χ2v) is 6.06. The van der Waals surface area contributed by atoms with Gasteiger partial charge in [-0.1, -0.05) is 59.8 Å². The molecule has 27 heavy (non-hydrogen) atoms. The van der Waals surface area contributed by atoms with Crippen LogP contribution in [0.25, 0.3) is 22.0 Å². The average molecular weight is 356 g/mol. The van der Waals surface area contributed by atoms with E-state index >= 15 is 0 Å². The molecule has 1 N–H and O–H groups in total. The Balaban J connectivity index is 1.48. The summed E-state index contributed by atoms with van der Waals surface area (Å²) in [5.74, 6) is -0.339. The van der Waals surface area contributed by atoms with Crippen LogP contribution in [0.4, 0.5) is 5.69 Å². The van der Waals surface area contributed by atoms with Gasteiger partial charge in [-0.15, -0.1) is 5.10 Å². The summed E-state index contributed by atoms with van der Waals surface area (Å²) in [7, 11) is 0. The Kier molecular flexibility index (Phi) is 4.45. The first kappa shape index (κ1) is 16.7. The molecule has 0 unspecified atom stereocenters. The summed E-state index contributed by atoms with van der Waals surface area (Å²) in [4.78, 5) is 24.7. The molecule has 3 aromatic carbocycles. The molecule has 1 heterocycles. The van der Waals surface area contributed by atoms with Crippen LogP contribution in [0.5, 0.6) is 0 Å². The molecule has 0 saturated carbocycles. The number of amides is 1. The van der Waals surface area contributed by atoms with E-state index in [1.54, 1.807) is 24.3 Å². The molecule has 0 saturated heterocycles. The molecular formula is C21H16N4O2. The number of hydrogen-bond acceptors (Lipinski definition) is 4. The lowest BCUT2D eigenvalue weighted by Crippen LogP contribution is -2.30. The highest BCUT2D eigenvalue weighted by Crippen LogP contribution is 2.20. The van der Waals surface area contributed by atoms with Gasteiger partial charge in [-0.3, -0.25) is 9.59 Å². The summed E-state index contributed by atoms with van der Waals surface area (Å²) in [5, 5.41) is 11.0. The zero-order chi connectivity index (χ0) is 18.6. The van der Waals surface area contributed by atoms with Crippen LogP contribution in [-0.4, -0.2) is 20.9 Å². The highest BCUT2D eigenvalue weighted by atomic mass is 16.2. The predicted octanol–water partition coefficient (Wildman–Crippen LogP) is 3.10. The second kappa shape index (κ2) is 7.21. The normalized spacial score (nSPS) is 10.7. The van der Waals surface area contributed by atoms with Crippen LogP contribution in [-0.2, 0) is 11.3 Å². The van der Waals surface area contributed by atoms with Crippen LogP contribution in [0, 0.1) is 0 Å². The summed E-state index contributed by atoms with van der Waals surface area (Å²) < 4.78 is 1.07. The zero-order valence-corrected chi connectivity index (χ0v) is 14.4. The monoisotopic (exact) mass is 356 g/mol. The van der Waals surface area contributed by atoms with Crippen molar-refractivity contribution in [1.29, 1.82) is 0 Å². The van der Waals surface area contributed by atoms with E-state index in [9.17, 15) is 9.59 Å². The molecule has 0 bridgehead atoms. The molecule has 0 radical (unpaired) electrons. The first-order chi connectivity index (χ1) is 13.2. The van der Waals surface area contributed by atoms with E-state index in [0.717, 1.165) is 15.8 Å². The Morgan fingerprint density at radius 1 is 0.852 bits per heavy atom. The number of rotatable bonds is 4. The van der Waals surface area contributed by atoms with Crippen LogP contribution in [0.3, 0.4) is 0 Å². The third-order valence-corrected chi connectivity index (χ3v) is 4.20. The van der Waals surface area contributed by atoms with Crippen molar-refractivity contribution >= 4 is 22.5 Å². The Bertz CT molecular complexity index is 1150. The molecule has 132 valence electrons. The maximum absolute atomic E-state index is 12.4. The Labute approximate surface area is 155 Å². The van der Waals surface area contributed by atoms with Crippen molar-refractivity contribution in [3.8, 4) is 11.1 Å². The number of carbonyl (C=O) groups excluding carboxylic acids is 1. The van der Waals surface area contributed by atoms with Crippen molar-refractivity contribution < 1.29 is 4.79 Å². The average Bonchev–Trinajstić information content (AvgIpc) is 2.71. The number of carbonyl (C=O) groups is 1. The first-order valence-corrected chi connectivity index (χ1v) is 8.48. The molecule has 6 heteroatoms. The summed E-state index contributed by atoms with van der Waals surface area (Å²) in [6.45, 7) is -0.197. The van der Waals surface area contributed by atoms with E-state index in [1.165, 1.54) is 0 Å². The molecule has 0 aliphatic heterocycles. The van der Waals surface area contributed by atoms with E-state index in [2.05, 4.69) is 15.6 Å². The summed E-state index contributed by atoms with van der Waals surface area (Å²) >= 11 is 0. The fraction of sp³-hybridized carbons (Fsp3) is 0.0476. The summed E-state index contributed by atoms with van der Waals surface area (Å²) in [6.07, 6.45) is 0. The standard InChI is InChI=1S/C21H16N4O2/c26-20(14-25-21(27)18-8-4-5-9-19(18)23-24-25)22-17-12-10-16(11-13-17)15-6-2-1-3-7-15/h1-13H,14H2,(H,22,26). The van der Waals surface area contributed by atoms with E-state index in [0.29, 0.717) is 16.6 Å². The number of aromatic nitrogens is 3. The van der Waals surface area contributed by atoms with Crippen LogP contribution in [0.15, 0.2) is 83.7 Å². The number of benzene rings is 3. The molecule has 4 rings (SSSR count). The third kappa shape index (κ3) is 3.59. The summed E-state index contributed by atoms with van der Waals surface area (Å²) in [6, 6.07) is 24.4. The lowest BCUT2D eigenvalue weighted by molar-refractivity contribution is -0.117. The van der Waals surface area contributed by atoms with Crippen molar-refractivity contribution in [3.63, 3.8) is 0 Å². The molecule has 0 aliphatic rings. The van der Waals surface area contributed by atoms with Crippen molar-refractivity contribution in [2.75, 3.05) is 5.32 Å². The Hall–Kier alpha value is -3.80. The highest BCUT2D eigenvalue weighted by Gasteiger charge is 2.09. The van der Waals surface area contributed by atoms with Crippen LogP contribution in [0.1, 0.15) is 0 Å². The number of fused-ring (bicyclic) bond motifs is 1. The minimum Gasteiger partial charge on any atom is -0.324 e. The van der Waals surface area contributed by atoms with E-state index in [1.807, 2.05) is 54.6 Å². The van der Waals surface area contributed by atoms with Gasteiger partial charge in [0.25, 0.3) is 5.56 Å². The van der Waals surface area contributed by atoms with Gasteiger partial charge in [-0.25, -0.2) is 4.68 Å². The lowest BCUT2D eigenvalue weighted by Gasteiger charge is -2.08. The molecule has 0 fully saturated rings. The van der Waals surface area contributed by atoms with Crippen molar-refractivity contribution in [3.05, 3.63) is 89.2 Å². The van der Waals surface area contributed by atoms with Gasteiger partial charge in [0.05, 0.1) is 5.39 Å². The van der Waals surface area contributed by atoms with E-state index in [4.69, 9.17) is 0 Å². The SMILES string of the molecule is O=C(Cn1nnc2ccccc2c1=O)Nc1ccc(-c2ccccc2)cc1. The minimum absolute atomic E-state index is 0.197. The number of nitrogens with zero attached hydrogens (tertiary/aromatic N) is 3. The first-order valence-electron chi connectivity index (χ1n) is 8.48. The van der Waals surface area contributed by atoms with Crippen LogP contribution >= 0.6 is 0 Å². The molecule has 6 nitrogen and oxygen atoms in total. The van der Waals surface area contributed by atoms with Gasteiger partial charge < -0.3 is 5.32 Å². The Morgan fingerprint density at radius 3 is 2.30 bits per heavy atom. The maximum atomic E-state index is 12.4.